The Bertz CT molecular complexity index is 639. The minimum absolute atomic E-state index is 0.0133. The zero-order valence-electron chi connectivity index (χ0n) is 18.9. The molecule has 0 spiro atoms. The van der Waals surface area contributed by atoms with Gasteiger partial charge in [0.05, 0.1) is 13.2 Å². The molecule has 5 nitrogen and oxygen atoms in total. The molecule has 1 rings (SSSR count). The van der Waals surface area contributed by atoms with Gasteiger partial charge in [-0.15, -0.1) is 0 Å². The van der Waals surface area contributed by atoms with Gasteiger partial charge in [-0.2, -0.15) is 0 Å². The van der Waals surface area contributed by atoms with E-state index in [0.29, 0.717) is 13.2 Å². The summed E-state index contributed by atoms with van der Waals surface area (Å²) < 4.78 is 6.17. The van der Waals surface area contributed by atoms with E-state index in [1.165, 1.54) is 17.4 Å². The van der Waals surface area contributed by atoms with Gasteiger partial charge in [0.1, 0.15) is 0 Å². The lowest BCUT2D eigenvalue weighted by Crippen LogP contribution is -2.51. The Morgan fingerprint density at radius 1 is 1.07 bits per heavy atom. The number of rotatable bonds is 8. The maximum Gasteiger partial charge on any atom is 0.327 e. The number of urea groups is 1. The molecular weight excluding hydrogens is 368 g/mol. The maximum absolute atomic E-state index is 13.1. The number of hydrogen-bond acceptors (Lipinski definition) is 3. The molecule has 0 saturated carbocycles. The summed E-state index contributed by atoms with van der Waals surface area (Å²) in [6, 6.07) is 9.86. The molecule has 3 amide bonds. The third-order valence-electron chi connectivity index (χ3n) is 5.55. The average Bonchev–Trinajstić information content (AvgIpc) is 2.58. The molecule has 0 fully saturated rings. The summed E-state index contributed by atoms with van der Waals surface area (Å²) in [4.78, 5) is 28.3. The predicted octanol–water partition coefficient (Wildman–Crippen LogP) is 4.93. The van der Waals surface area contributed by atoms with Gasteiger partial charge in [0.15, 0.2) is 8.32 Å². The first-order chi connectivity index (χ1) is 12.9. The van der Waals surface area contributed by atoms with Gasteiger partial charge in [-0.3, -0.25) is 9.69 Å². The second kappa shape index (κ2) is 10.2. The van der Waals surface area contributed by atoms with E-state index < -0.39 is 8.32 Å². The van der Waals surface area contributed by atoms with Crippen LogP contribution >= 0.6 is 0 Å². The highest BCUT2D eigenvalue weighted by Gasteiger charge is 2.37. The lowest BCUT2D eigenvalue weighted by Gasteiger charge is -2.37. The number of imide groups is 1. The van der Waals surface area contributed by atoms with Crippen molar-refractivity contribution in [1.29, 1.82) is 0 Å². The molecule has 0 aromatic heterocycles. The molecule has 0 heterocycles. The fourth-order valence-electron chi connectivity index (χ4n) is 2.62. The molecule has 0 aliphatic rings. The summed E-state index contributed by atoms with van der Waals surface area (Å²) >= 11 is 0. The molecule has 0 saturated heterocycles. The van der Waals surface area contributed by atoms with Gasteiger partial charge in [0.2, 0.25) is 5.91 Å². The van der Waals surface area contributed by atoms with E-state index in [4.69, 9.17) is 4.43 Å². The number of hydrogen-bond donors (Lipinski definition) is 0. The van der Waals surface area contributed by atoms with Crippen molar-refractivity contribution >= 4 is 20.3 Å². The first-order valence-electron chi connectivity index (χ1n) is 10.1. The fourth-order valence-corrected chi connectivity index (χ4v) is 3.65. The predicted molar refractivity (Wildman–Crippen MR) is 118 cm³/mol. The molecule has 0 radical (unpaired) electrons. The van der Waals surface area contributed by atoms with Crippen LogP contribution in [-0.4, -0.2) is 55.8 Å². The average molecular weight is 407 g/mol. The Labute approximate surface area is 172 Å². The van der Waals surface area contributed by atoms with Crippen LogP contribution in [-0.2, 0) is 15.6 Å². The highest BCUT2D eigenvalue weighted by molar-refractivity contribution is 6.74. The monoisotopic (exact) mass is 406 g/mol. The SMILES string of the molecule is CC(=O)N(CCO[Si](C)(C)C(C)(C)C)C(=O)N(CCc1ccccc1)C(C)C. The second-order valence-corrected chi connectivity index (χ2v) is 13.9. The summed E-state index contributed by atoms with van der Waals surface area (Å²) in [5.74, 6) is -0.241. The fraction of sp³-hybridized carbons (Fsp3) is 0.636. The molecule has 0 atom stereocenters. The van der Waals surface area contributed by atoms with Crippen LogP contribution in [0.1, 0.15) is 47.1 Å². The Hall–Kier alpha value is -1.66. The number of benzene rings is 1. The molecule has 0 aliphatic carbocycles. The minimum Gasteiger partial charge on any atom is -0.415 e. The first kappa shape index (κ1) is 24.4. The molecule has 6 heteroatoms. The Morgan fingerprint density at radius 2 is 1.64 bits per heavy atom. The molecule has 1 aromatic rings. The van der Waals surface area contributed by atoms with Gasteiger partial charge in [-0.1, -0.05) is 51.1 Å². The highest BCUT2D eigenvalue weighted by atomic mass is 28.4. The Balaban J connectivity index is 2.77. The molecular formula is C22H38N2O3Si. The van der Waals surface area contributed by atoms with E-state index in [9.17, 15) is 9.59 Å². The van der Waals surface area contributed by atoms with Crippen LogP contribution in [0.3, 0.4) is 0 Å². The first-order valence-corrected chi connectivity index (χ1v) is 13.0. The van der Waals surface area contributed by atoms with E-state index in [0.717, 1.165) is 6.42 Å². The van der Waals surface area contributed by atoms with Gasteiger partial charge in [-0.25, -0.2) is 4.79 Å². The van der Waals surface area contributed by atoms with Crippen LogP contribution in [0.4, 0.5) is 4.79 Å². The van der Waals surface area contributed by atoms with E-state index in [1.54, 1.807) is 4.90 Å². The third kappa shape index (κ3) is 7.06. The lowest BCUT2D eigenvalue weighted by molar-refractivity contribution is -0.126. The molecule has 0 aliphatic heterocycles. The van der Waals surface area contributed by atoms with E-state index in [2.05, 4.69) is 46.0 Å². The third-order valence-corrected chi connectivity index (χ3v) is 10.1. The quantitative estimate of drug-likeness (QED) is 0.575. The lowest BCUT2D eigenvalue weighted by atomic mass is 10.1. The van der Waals surface area contributed by atoms with E-state index in [1.807, 2.05) is 32.0 Å². The minimum atomic E-state index is -1.91. The van der Waals surface area contributed by atoms with Crippen molar-refractivity contribution < 1.29 is 14.0 Å². The highest BCUT2D eigenvalue weighted by Crippen LogP contribution is 2.36. The zero-order valence-corrected chi connectivity index (χ0v) is 19.9. The molecule has 158 valence electrons. The molecule has 1 aromatic carbocycles. The second-order valence-electron chi connectivity index (χ2n) is 9.08. The molecule has 28 heavy (non-hydrogen) atoms. The van der Waals surface area contributed by atoms with Gasteiger partial charge >= 0.3 is 6.03 Å². The van der Waals surface area contributed by atoms with E-state index >= 15 is 0 Å². The standard InChI is InChI=1S/C22H38N2O3Si/c1-18(2)23(15-14-20-12-10-9-11-13-20)21(26)24(19(3)25)16-17-27-28(7,8)22(4,5)6/h9-13,18H,14-17H2,1-8H3. The van der Waals surface area contributed by atoms with Crippen molar-refractivity contribution in [2.24, 2.45) is 0 Å². The topological polar surface area (TPSA) is 49.9 Å². The maximum atomic E-state index is 13.1. The van der Waals surface area contributed by atoms with E-state index in [-0.39, 0.29) is 29.6 Å². The van der Waals surface area contributed by atoms with Crippen LogP contribution in [0.5, 0.6) is 0 Å². The molecule has 0 bridgehead atoms. The van der Waals surface area contributed by atoms with Gasteiger partial charge in [0.25, 0.3) is 0 Å². The number of nitrogens with zero attached hydrogens (tertiary/aromatic N) is 2. The largest absolute Gasteiger partial charge is 0.415 e. The summed E-state index contributed by atoms with van der Waals surface area (Å²) in [5.41, 5.74) is 1.18. The zero-order chi connectivity index (χ0) is 21.5. The van der Waals surface area contributed by atoms with Gasteiger partial charge in [0, 0.05) is 19.5 Å². The molecule has 0 N–H and O–H groups in total. The van der Waals surface area contributed by atoms with Crippen molar-refractivity contribution in [3.63, 3.8) is 0 Å². The summed E-state index contributed by atoms with van der Waals surface area (Å²) in [5, 5.41) is 0.0950. The van der Waals surface area contributed by atoms with Crippen LogP contribution in [0.25, 0.3) is 0 Å². The summed E-state index contributed by atoms with van der Waals surface area (Å²) in [6.07, 6.45) is 0.761. The molecule has 0 unspecified atom stereocenters. The Kier molecular flexibility index (Phi) is 8.89. The van der Waals surface area contributed by atoms with Crippen molar-refractivity contribution in [2.45, 2.75) is 72.1 Å². The van der Waals surface area contributed by atoms with Crippen molar-refractivity contribution in [2.75, 3.05) is 19.7 Å². The van der Waals surface area contributed by atoms with Crippen LogP contribution in [0.2, 0.25) is 18.1 Å². The smallest absolute Gasteiger partial charge is 0.327 e. The van der Waals surface area contributed by atoms with Crippen LogP contribution in [0, 0.1) is 0 Å². The van der Waals surface area contributed by atoms with Crippen molar-refractivity contribution in [3.05, 3.63) is 35.9 Å². The van der Waals surface area contributed by atoms with Gasteiger partial charge < -0.3 is 9.33 Å². The van der Waals surface area contributed by atoms with Crippen molar-refractivity contribution in [3.8, 4) is 0 Å². The summed E-state index contributed by atoms with van der Waals surface area (Å²) in [6.45, 7) is 17.5. The van der Waals surface area contributed by atoms with Crippen LogP contribution in [0.15, 0.2) is 30.3 Å². The normalized spacial score (nSPS) is 12.2. The van der Waals surface area contributed by atoms with Crippen molar-refractivity contribution in [1.82, 2.24) is 9.80 Å². The van der Waals surface area contributed by atoms with Crippen LogP contribution < -0.4 is 0 Å². The Morgan fingerprint density at radius 3 is 2.11 bits per heavy atom. The number of carbonyl (C=O) groups is 2. The number of carbonyl (C=O) groups excluding carboxylic acids is 2. The number of amides is 3. The summed E-state index contributed by atoms with van der Waals surface area (Å²) in [7, 11) is -1.91. The van der Waals surface area contributed by atoms with Gasteiger partial charge in [-0.05, 0) is 44.0 Å².